The van der Waals surface area contributed by atoms with Gasteiger partial charge >= 0.3 is 6.03 Å². The number of pyridine rings is 1. The van der Waals surface area contributed by atoms with Crippen molar-refractivity contribution in [1.82, 2.24) is 25.8 Å². The average Bonchev–Trinajstić information content (AvgIpc) is 2.91. The number of rotatable bonds is 6. The predicted octanol–water partition coefficient (Wildman–Crippen LogP) is 0.843. The number of amides is 4. The molecule has 3 rings (SSSR count). The molecule has 9 heteroatoms. The van der Waals surface area contributed by atoms with Gasteiger partial charge in [-0.05, 0) is 31.4 Å². The molecule has 0 aromatic carbocycles. The van der Waals surface area contributed by atoms with Crippen molar-refractivity contribution >= 4 is 17.8 Å². The van der Waals surface area contributed by atoms with Crippen LogP contribution < -0.4 is 10.9 Å². The Bertz CT molecular complexity index is 668. The lowest BCUT2D eigenvalue weighted by molar-refractivity contribution is -0.131. The summed E-state index contributed by atoms with van der Waals surface area (Å²) < 4.78 is 0. The Morgan fingerprint density at radius 2 is 2.15 bits per heavy atom. The van der Waals surface area contributed by atoms with Crippen LogP contribution in [0, 0.1) is 0 Å². The van der Waals surface area contributed by atoms with Crippen molar-refractivity contribution in [1.29, 1.82) is 0 Å². The molecule has 1 aromatic heterocycles. The molecule has 2 N–H and O–H groups in total. The highest BCUT2D eigenvalue weighted by Gasteiger charge is 2.47. The number of piperidine rings is 1. The third-order valence-corrected chi connectivity index (χ3v) is 4.55. The standard InChI is InChI=1S/C17H23N5O4/c1-2-3-10-26-22-12-7-8-14(21(11-12)17(22)25)16(24)20-19-15(23)13-6-4-5-9-18-13/h4-6,9,12,14H,2-3,7-8,10-11H2,1H3,(H,19,23)(H,20,24)/t12-,14+/m1/s1. The van der Waals surface area contributed by atoms with E-state index in [1.165, 1.54) is 16.2 Å². The molecular weight excluding hydrogens is 338 g/mol. The van der Waals surface area contributed by atoms with E-state index in [1.54, 1.807) is 18.2 Å². The van der Waals surface area contributed by atoms with Crippen molar-refractivity contribution in [2.75, 3.05) is 13.2 Å². The molecule has 9 nitrogen and oxygen atoms in total. The zero-order valence-corrected chi connectivity index (χ0v) is 14.7. The first kappa shape index (κ1) is 18.1. The van der Waals surface area contributed by atoms with Crippen LogP contribution in [-0.2, 0) is 9.63 Å². The molecule has 0 spiro atoms. The van der Waals surface area contributed by atoms with E-state index in [0.717, 1.165) is 12.8 Å². The van der Waals surface area contributed by atoms with Crippen molar-refractivity contribution in [3.8, 4) is 0 Å². The number of hydrogen-bond donors (Lipinski definition) is 2. The summed E-state index contributed by atoms with van der Waals surface area (Å²) in [5.74, 6) is -0.929. The molecule has 0 aliphatic carbocycles. The fourth-order valence-electron chi connectivity index (χ4n) is 3.14. The largest absolute Gasteiger partial charge is 0.345 e. The molecule has 1 aromatic rings. The first-order valence-corrected chi connectivity index (χ1v) is 8.85. The lowest BCUT2D eigenvalue weighted by atomic mass is 10.0. The zero-order chi connectivity index (χ0) is 18.5. The van der Waals surface area contributed by atoms with E-state index < -0.39 is 17.9 Å². The van der Waals surface area contributed by atoms with Gasteiger partial charge in [-0.3, -0.25) is 30.3 Å². The van der Waals surface area contributed by atoms with Crippen LogP contribution in [0.15, 0.2) is 24.4 Å². The van der Waals surface area contributed by atoms with E-state index in [-0.39, 0.29) is 17.8 Å². The summed E-state index contributed by atoms with van der Waals surface area (Å²) in [4.78, 5) is 47.9. The van der Waals surface area contributed by atoms with Crippen LogP contribution in [0.1, 0.15) is 43.1 Å². The van der Waals surface area contributed by atoms with Crippen LogP contribution in [0.25, 0.3) is 0 Å². The van der Waals surface area contributed by atoms with Gasteiger partial charge < -0.3 is 4.90 Å². The minimum Gasteiger partial charge on any atom is -0.309 e. The summed E-state index contributed by atoms with van der Waals surface area (Å²) in [6.07, 6.45) is 4.56. The van der Waals surface area contributed by atoms with E-state index >= 15 is 0 Å². The fraction of sp³-hybridized carbons (Fsp3) is 0.529. The van der Waals surface area contributed by atoms with Gasteiger partial charge in [-0.1, -0.05) is 19.4 Å². The lowest BCUT2D eigenvalue weighted by Crippen LogP contribution is -2.54. The number of nitrogens with one attached hydrogen (secondary N) is 2. The van der Waals surface area contributed by atoms with E-state index in [1.807, 2.05) is 0 Å². The van der Waals surface area contributed by atoms with Crippen LogP contribution in [0.3, 0.4) is 0 Å². The summed E-state index contributed by atoms with van der Waals surface area (Å²) in [7, 11) is 0. The molecule has 4 amide bonds. The molecule has 2 fully saturated rings. The first-order valence-electron chi connectivity index (χ1n) is 8.85. The number of hydrazine groups is 1. The van der Waals surface area contributed by atoms with Crippen LogP contribution in [0.4, 0.5) is 4.79 Å². The number of hydroxylamine groups is 2. The van der Waals surface area contributed by atoms with Gasteiger partial charge in [0.2, 0.25) is 0 Å². The fourth-order valence-corrected chi connectivity index (χ4v) is 3.14. The van der Waals surface area contributed by atoms with E-state index in [4.69, 9.17) is 4.84 Å². The predicted molar refractivity (Wildman–Crippen MR) is 91.5 cm³/mol. The van der Waals surface area contributed by atoms with Crippen molar-refractivity contribution < 1.29 is 19.2 Å². The van der Waals surface area contributed by atoms with Crippen molar-refractivity contribution in [3.63, 3.8) is 0 Å². The Hall–Kier alpha value is -2.68. The molecule has 2 atom stereocenters. The molecule has 0 radical (unpaired) electrons. The third-order valence-electron chi connectivity index (χ3n) is 4.55. The first-order chi connectivity index (χ1) is 12.6. The summed E-state index contributed by atoms with van der Waals surface area (Å²) >= 11 is 0. The topological polar surface area (TPSA) is 104 Å². The number of nitrogens with zero attached hydrogens (tertiary/aromatic N) is 3. The zero-order valence-electron chi connectivity index (χ0n) is 14.7. The van der Waals surface area contributed by atoms with E-state index in [2.05, 4.69) is 22.8 Å². The van der Waals surface area contributed by atoms with Crippen LogP contribution in [-0.4, -0.2) is 58.0 Å². The maximum atomic E-state index is 12.5. The minimum atomic E-state index is -0.623. The van der Waals surface area contributed by atoms with Crippen LogP contribution >= 0.6 is 0 Å². The number of aromatic nitrogens is 1. The highest BCUT2D eigenvalue weighted by molar-refractivity contribution is 5.95. The maximum Gasteiger partial charge on any atom is 0.345 e. The number of carbonyl (C=O) groups excluding carboxylic acids is 3. The van der Waals surface area contributed by atoms with Gasteiger partial charge in [0, 0.05) is 12.7 Å². The highest BCUT2D eigenvalue weighted by Crippen LogP contribution is 2.30. The van der Waals surface area contributed by atoms with E-state index in [9.17, 15) is 14.4 Å². The highest BCUT2D eigenvalue weighted by atomic mass is 16.7. The second-order valence-electron chi connectivity index (χ2n) is 6.35. The molecule has 2 saturated heterocycles. The average molecular weight is 361 g/mol. The SMILES string of the molecule is CCCCON1C(=O)N2C[C@H]1CC[C@H]2C(=O)NNC(=O)c1ccccn1. The lowest BCUT2D eigenvalue weighted by Gasteiger charge is -2.29. The molecule has 140 valence electrons. The van der Waals surface area contributed by atoms with Crippen molar-refractivity contribution in [2.45, 2.75) is 44.7 Å². The van der Waals surface area contributed by atoms with Gasteiger partial charge in [-0.25, -0.2) is 4.79 Å². The van der Waals surface area contributed by atoms with Crippen molar-refractivity contribution in [2.24, 2.45) is 0 Å². The van der Waals surface area contributed by atoms with Gasteiger partial charge in [0.1, 0.15) is 11.7 Å². The molecule has 3 heterocycles. The number of urea groups is 1. The number of hydrogen-bond acceptors (Lipinski definition) is 5. The smallest absolute Gasteiger partial charge is 0.309 e. The Labute approximate surface area is 151 Å². The quantitative estimate of drug-likeness (QED) is 0.577. The van der Waals surface area contributed by atoms with Gasteiger partial charge in [-0.15, -0.1) is 0 Å². The monoisotopic (exact) mass is 361 g/mol. The van der Waals surface area contributed by atoms with Crippen molar-refractivity contribution in [3.05, 3.63) is 30.1 Å². The molecule has 0 saturated carbocycles. The molecule has 2 aliphatic rings. The second-order valence-corrected chi connectivity index (χ2v) is 6.35. The van der Waals surface area contributed by atoms with Gasteiger partial charge in [0.05, 0.1) is 12.6 Å². The summed E-state index contributed by atoms with van der Waals surface area (Å²) in [5.41, 5.74) is 4.93. The van der Waals surface area contributed by atoms with Gasteiger partial charge in [0.15, 0.2) is 0 Å². The maximum absolute atomic E-state index is 12.5. The van der Waals surface area contributed by atoms with E-state index in [0.29, 0.717) is 26.0 Å². The summed E-state index contributed by atoms with van der Waals surface area (Å²) in [6.45, 7) is 3.00. The van der Waals surface area contributed by atoms with Crippen LogP contribution in [0.5, 0.6) is 0 Å². The Kier molecular flexibility index (Phi) is 5.67. The summed E-state index contributed by atoms with van der Waals surface area (Å²) in [5, 5.41) is 1.40. The molecule has 0 unspecified atom stereocenters. The Morgan fingerprint density at radius 3 is 2.88 bits per heavy atom. The number of unbranched alkanes of at least 4 members (excludes halogenated alkanes) is 1. The third kappa shape index (κ3) is 3.77. The molecule has 2 aliphatic heterocycles. The molecule has 2 bridgehead atoms. The summed E-state index contributed by atoms with van der Waals surface area (Å²) in [6, 6.07) is 3.98. The molecule has 26 heavy (non-hydrogen) atoms. The normalized spacial score (nSPS) is 21.7. The Morgan fingerprint density at radius 1 is 1.31 bits per heavy atom. The van der Waals surface area contributed by atoms with Gasteiger partial charge in [0.25, 0.3) is 11.8 Å². The second kappa shape index (κ2) is 8.13. The number of fused-ring (bicyclic) bond motifs is 2. The minimum absolute atomic E-state index is 0.0217. The molecular formula is C17H23N5O4. The Balaban J connectivity index is 1.54. The van der Waals surface area contributed by atoms with Crippen LogP contribution in [0.2, 0.25) is 0 Å². The van der Waals surface area contributed by atoms with Gasteiger partial charge in [-0.2, -0.15) is 5.06 Å². The number of carbonyl (C=O) groups is 3.